The van der Waals surface area contributed by atoms with Gasteiger partial charge >= 0.3 is 5.97 Å². The van der Waals surface area contributed by atoms with Crippen molar-refractivity contribution in [2.24, 2.45) is 5.41 Å². The maximum Gasteiger partial charge on any atom is 0.337 e. The van der Waals surface area contributed by atoms with Crippen LogP contribution < -0.4 is 0 Å². The fourth-order valence-electron chi connectivity index (χ4n) is 4.85. The largest absolute Gasteiger partial charge is 0.467 e. The summed E-state index contributed by atoms with van der Waals surface area (Å²) in [6, 6.07) is 10.0. The smallest absolute Gasteiger partial charge is 0.337 e. The van der Waals surface area contributed by atoms with E-state index in [1.165, 1.54) is 14.2 Å². The third kappa shape index (κ3) is 6.93. The lowest BCUT2D eigenvalue weighted by molar-refractivity contribution is -0.222. The molecule has 0 amide bonds. The van der Waals surface area contributed by atoms with Crippen LogP contribution in [-0.2, 0) is 49.0 Å². The molecule has 1 aromatic carbocycles. The number of methoxy groups -OCH3 is 3. The summed E-state index contributed by atoms with van der Waals surface area (Å²) in [4.78, 5) is 12.8. The van der Waals surface area contributed by atoms with Gasteiger partial charge in [0.2, 0.25) is 0 Å². The molecule has 2 fully saturated rings. The second-order valence-corrected chi connectivity index (χ2v) is 17.2. The van der Waals surface area contributed by atoms with Gasteiger partial charge in [0, 0.05) is 26.1 Å². The number of ether oxygens (including phenoxy) is 7. The van der Waals surface area contributed by atoms with Gasteiger partial charge in [-0.15, -0.1) is 0 Å². The Morgan fingerprint density at radius 1 is 1.10 bits per heavy atom. The van der Waals surface area contributed by atoms with Crippen LogP contribution in [0.2, 0.25) is 18.1 Å². The van der Waals surface area contributed by atoms with Gasteiger partial charge < -0.3 is 37.6 Å². The molecule has 0 aromatic heterocycles. The molecule has 10 heteroatoms. The number of benzene rings is 1. The van der Waals surface area contributed by atoms with Crippen molar-refractivity contribution in [1.29, 1.82) is 0 Å². The second-order valence-electron chi connectivity index (χ2n) is 12.5. The molecule has 2 aliphatic rings. The van der Waals surface area contributed by atoms with Crippen molar-refractivity contribution in [1.82, 2.24) is 0 Å². The number of fused-ring (bicyclic) bond motifs is 1. The zero-order valence-electron chi connectivity index (χ0n) is 25.3. The van der Waals surface area contributed by atoms with E-state index in [4.69, 9.17) is 37.6 Å². The summed E-state index contributed by atoms with van der Waals surface area (Å²) in [7, 11) is 2.20. The molecule has 1 aromatic rings. The van der Waals surface area contributed by atoms with Crippen LogP contribution in [0.1, 0.15) is 46.6 Å². The van der Waals surface area contributed by atoms with Gasteiger partial charge in [0.15, 0.2) is 20.2 Å². The summed E-state index contributed by atoms with van der Waals surface area (Å²) in [5.41, 5.74) is 0.524. The number of epoxide rings is 1. The predicted molar refractivity (Wildman–Crippen MR) is 149 cm³/mol. The van der Waals surface area contributed by atoms with Gasteiger partial charge in [-0.05, 0) is 23.7 Å². The topological polar surface area (TPSA) is 94.2 Å². The zero-order valence-corrected chi connectivity index (χ0v) is 26.3. The van der Waals surface area contributed by atoms with Gasteiger partial charge in [0.05, 0.1) is 32.5 Å². The lowest BCUT2D eigenvalue weighted by Crippen LogP contribution is -2.62. The van der Waals surface area contributed by atoms with Gasteiger partial charge in [-0.1, -0.05) is 65.0 Å². The van der Waals surface area contributed by atoms with Crippen molar-refractivity contribution in [2.45, 2.75) is 102 Å². The molecular formula is C29H48O9Si. The zero-order chi connectivity index (χ0) is 29.1. The molecule has 0 N–H and O–H groups in total. The Hall–Kier alpha value is -1.37. The molecule has 0 unspecified atom stereocenters. The average molecular weight is 569 g/mol. The average Bonchev–Trinajstić information content (AvgIpc) is 3.61. The highest BCUT2D eigenvalue weighted by atomic mass is 28.4. The summed E-state index contributed by atoms with van der Waals surface area (Å²) in [5.74, 6) is -1.50. The predicted octanol–water partition coefficient (Wildman–Crippen LogP) is 4.68. The molecule has 0 bridgehead atoms. The van der Waals surface area contributed by atoms with Crippen LogP contribution in [0, 0.1) is 5.41 Å². The van der Waals surface area contributed by atoms with E-state index in [2.05, 4.69) is 47.7 Å². The van der Waals surface area contributed by atoms with Crippen LogP contribution >= 0.6 is 0 Å². The molecule has 222 valence electrons. The van der Waals surface area contributed by atoms with E-state index < -0.39 is 49.9 Å². The Balaban J connectivity index is 1.87. The Morgan fingerprint density at radius 3 is 2.33 bits per heavy atom. The maximum absolute atomic E-state index is 12.8. The molecule has 6 atom stereocenters. The van der Waals surface area contributed by atoms with E-state index in [-0.39, 0.29) is 17.9 Å². The highest BCUT2D eigenvalue weighted by molar-refractivity contribution is 6.74. The first-order valence-corrected chi connectivity index (χ1v) is 16.5. The quantitative estimate of drug-likeness (QED) is 0.137. The molecule has 39 heavy (non-hydrogen) atoms. The molecule has 0 radical (unpaired) electrons. The molecule has 2 heterocycles. The highest BCUT2D eigenvalue weighted by Crippen LogP contribution is 2.62. The number of hydrogen-bond donors (Lipinski definition) is 0. The Labute approximate surface area is 234 Å². The Bertz CT molecular complexity index is 932. The summed E-state index contributed by atoms with van der Waals surface area (Å²) in [5, 5.41) is -0.0493. The summed E-state index contributed by atoms with van der Waals surface area (Å²) in [6.45, 7) is 15.9. The minimum atomic E-state index is -2.29. The molecule has 2 aliphatic heterocycles. The normalized spacial score (nSPS) is 27.9. The number of carbonyl (C=O) groups excluding carboxylic acids is 1. The lowest BCUT2D eigenvalue weighted by Gasteiger charge is -2.50. The van der Waals surface area contributed by atoms with Crippen molar-refractivity contribution in [2.75, 3.05) is 34.7 Å². The molecule has 3 rings (SSSR count). The SMILES string of the molecule is COCO[C@H](C(=O)OC)[C@H]1O[C@H](C[C@@H](COCc2ccccc2)OC)C(C)(C)[C@@]2(O[Si](C)(C)C(C)(C)C)O[C@@H]12. The number of esters is 1. The molecule has 2 saturated heterocycles. The van der Waals surface area contributed by atoms with Crippen LogP contribution in [0.15, 0.2) is 30.3 Å². The first-order chi connectivity index (χ1) is 18.2. The van der Waals surface area contributed by atoms with Crippen LogP contribution in [0.25, 0.3) is 0 Å². The van der Waals surface area contributed by atoms with Gasteiger partial charge in [-0.25, -0.2) is 4.79 Å². The van der Waals surface area contributed by atoms with Crippen LogP contribution in [-0.4, -0.2) is 85.3 Å². The van der Waals surface area contributed by atoms with Gasteiger partial charge in [-0.2, -0.15) is 0 Å². The fraction of sp³-hybridized carbons (Fsp3) is 0.759. The molecule has 0 spiro atoms. The highest BCUT2D eigenvalue weighted by Gasteiger charge is 2.78. The van der Waals surface area contributed by atoms with Crippen molar-refractivity contribution >= 4 is 14.3 Å². The molecule has 0 aliphatic carbocycles. The van der Waals surface area contributed by atoms with Crippen LogP contribution in [0.5, 0.6) is 0 Å². The minimum absolute atomic E-state index is 0.0493. The molecular weight excluding hydrogens is 520 g/mol. The monoisotopic (exact) mass is 568 g/mol. The van der Waals surface area contributed by atoms with Crippen LogP contribution in [0.4, 0.5) is 0 Å². The van der Waals surface area contributed by atoms with Gasteiger partial charge in [0.1, 0.15) is 19.0 Å². The first-order valence-electron chi connectivity index (χ1n) is 13.6. The summed E-state index contributed by atoms with van der Waals surface area (Å²) >= 11 is 0. The van der Waals surface area contributed by atoms with Crippen molar-refractivity contribution in [3.05, 3.63) is 35.9 Å². The third-order valence-electron chi connectivity index (χ3n) is 8.48. The van der Waals surface area contributed by atoms with Gasteiger partial charge in [-0.3, -0.25) is 0 Å². The van der Waals surface area contributed by atoms with E-state index in [1.807, 2.05) is 30.3 Å². The van der Waals surface area contributed by atoms with Crippen molar-refractivity contribution in [3.63, 3.8) is 0 Å². The minimum Gasteiger partial charge on any atom is -0.467 e. The van der Waals surface area contributed by atoms with E-state index >= 15 is 0 Å². The summed E-state index contributed by atoms with van der Waals surface area (Å²) < 4.78 is 47.9. The van der Waals surface area contributed by atoms with Crippen LogP contribution in [0.3, 0.4) is 0 Å². The fourth-order valence-corrected chi connectivity index (χ4v) is 6.34. The number of rotatable bonds is 14. The lowest BCUT2D eigenvalue weighted by atomic mass is 9.73. The van der Waals surface area contributed by atoms with E-state index in [0.717, 1.165) is 5.56 Å². The Kier molecular flexibility index (Phi) is 10.4. The van der Waals surface area contributed by atoms with E-state index in [9.17, 15) is 4.79 Å². The van der Waals surface area contributed by atoms with Crippen molar-refractivity contribution in [3.8, 4) is 0 Å². The Morgan fingerprint density at radius 2 is 1.77 bits per heavy atom. The third-order valence-corrected chi connectivity index (χ3v) is 12.9. The number of carbonyl (C=O) groups is 1. The first kappa shape index (κ1) is 32.1. The second kappa shape index (κ2) is 12.6. The van der Waals surface area contributed by atoms with Crippen molar-refractivity contribution < 1.29 is 42.4 Å². The standard InChI is InChI=1S/C29H48O9Si/c1-27(2,3)39(9,10)38-29-25(37-29)23(24(26(30)33-8)35-19-31-6)36-22(28(29,4)5)16-21(32-7)18-34-17-20-14-12-11-13-15-20/h11-15,21-25H,16-19H2,1-10H3/t21-,22+,23+,24-,25-,29+/m0/s1. The summed E-state index contributed by atoms with van der Waals surface area (Å²) in [6.07, 6.45) is -2.44. The van der Waals surface area contributed by atoms with E-state index in [0.29, 0.717) is 19.6 Å². The maximum atomic E-state index is 12.8. The van der Waals surface area contributed by atoms with Gasteiger partial charge in [0.25, 0.3) is 0 Å². The molecule has 0 saturated carbocycles. The number of hydrogen-bond acceptors (Lipinski definition) is 9. The van der Waals surface area contributed by atoms with E-state index in [1.54, 1.807) is 7.11 Å². The molecule has 9 nitrogen and oxygen atoms in total.